The van der Waals surface area contributed by atoms with Gasteiger partial charge in [-0.15, -0.1) is 0 Å². The van der Waals surface area contributed by atoms with Crippen molar-refractivity contribution in [3.63, 3.8) is 0 Å². The SMILES string of the molecule is N#Cc1ccc(CNc2c(F)cc(F)cc2Cl)c(Cl)c1. The number of benzene rings is 2. The van der Waals surface area contributed by atoms with E-state index in [1.165, 1.54) is 6.07 Å². The lowest BCUT2D eigenvalue weighted by Gasteiger charge is -2.11. The Morgan fingerprint density at radius 2 is 1.85 bits per heavy atom. The van der Waals surface area contributed by atoms with Gasteiger partial charge in [0.15, 0.2) is 5.82 Å². The Balaban J connectivity index is 2.20. The molecule has 0 heterocycles. The third kappa shape index (κ3) is 3.19. The van der Waals surface area contributed by atoms with Crippen molar-refractivity contribution in [1.29, 1.82) is 5.26 Å². The van der Waals surface area contributed by atoms with E-state index in [0.29, 0.717) is 16.1 Å². The van der Waals surface area contributed by atoms with Gasteiger partial charge in [0.2, 0.25) is 0 Å². The van der Waals surface area contributed by atoms with Gasteiger partial charge in [0.05, 0.1) is 22.3 Å². The van der Waals surface area contributed by atoms with E-state index in [1.807, 2.05) is 6.07 Å². The molecule has 0 atom stereocenters. The minimum absolute atomic E-state index is 0.00786. The lowest BCUT2D eigenvalue weighted by Crippen LogP contribution is -2.03. The molecule has 0 unspecified atom stereocenters. The van der Waals surface area contributed by atoms with Gasteiger partial charge in [-0.25, -0.2) is 8.78 Å². The van der Waals surface area contributed by atoms with E-state index >= 15 is 0 Å². The van der Waals surface area contributed by atoms with Gasteiger partial charge >= 0.3 is 0 Å². The van der Waals surface area contributed by atoms with Gasteiger partial charge < -0.3 is 5.32 Å². The van der Waals surface area contributed by atoms with E-state index in [4.69, 9.17) is 28.5 Å². The number of anilines is 1. The summed E-state index contributed by atoms with van der Waals surface area (Å²) in [5, 5.41) is 11.8. The molecule has 0 aliphatic rings. The Morgan fingerprint density at radius 1 is 1.10 bits per heavy atom. The minimum Gasteiger partial charge on any atom is -0.377 e. The highest BCUT2D eigenvalue weighted by molar-refractivity contribution is 6.33. The molecule has 2 nitrogen and oxygen atoms in total. The molecule has 0 saturated carbocycles. The van der Waals surface area contributed by atoms with E-state index in [1.54, 1.807) is 12.1 Å². The fourth-order valence-corrected chi connectivity index (χ4v) is 2.16. The summed E-state index contributed by atoms with van der Waals surface area (Å²) in [5.41, 5.74) is 1.11. The fraction of sp³-hybridized carbons (Fsp3) is 0.0714. The Kier molecular flexibility index (Phi) is 4.43. The summed E-state index contributed by atoms with van der Waals surface area (Å²) in [6, 6.07) is 8.51. The van der Waals surface area contributed by atoms with Crippen LogP contribution in [0.4, 0.5) is 14.5 Å². The molecular weight excluding hydrogens is 305 g/mol. The van der Waals surface area contributed by atoms with Crippen molar-refractivity contribution in [3.8, 4) is 6.07 Å². The van der Waals surface area contributed by atoms with Crippen LogP contribution in [0.5, 0.6) is 0 Å². The van der Waals surface area contributed by atoms with Gasteiger partial charge in [0, 0.05) is 17.6 Å². The normalized spacial score (nSPS) is 10.2. The van der Waals surface area contributed by atoms with Gasteiger partial charge in [-0.2, -0.15) is 5.26 Å². The zero-order chi connectivity index (χ0) is 14.7. The molecule has 0 aliphatic heterocycles. The van der Waals surface area contributed by atoms with Crippen LogP contribution in [0.25, 0.3) is 0 Å². The van der Waals surface area contributed by atoms with Crippen LogP contribution in [-0.4, -0.2) is 0 Å². The molecule has 2 rings (SSSR count). The van der Waals surface area contributed by atoms with Crippen LogP contribution < -0.4 is 5.32 Å². The first-order valence-electron chi connectivity index (χ1n) is 5.58. The summed E-state index contributed by atoms with van der Waals surface area (Å²) in [4.78, 5) is 0. The Bertz CT molecular complexity index is 673. The molecule has 6 heteroatoms. The van der Waals surface area contributed by atoms with Gasteiger partial charge in [-0.05, 0) is 23.8 Å². The quantitative estimate of drug-likeness (QED) is 0.887. The predicted octanol–water partition coefficient (Wildman–Crippen LogP) is 4.76. The van der Waals surface area contributed by atoms with E-state index < -0.39 is 11.6 Å². The molecule has 102 valence electrons. The molecule has 0 bridgehead atoms. The van der Waals surface area contributed by atoms with Gasteiger partial charge in [0.1, 0.15) is 5.82 Å². The third-order valence-electron chi connectivity index (χ3n) is 2.64. The molecule has 0 amide bonds. The second-order valence-corrected chi connectivity index (χ2v) is 4.83. The predicted molar refractivity (Wildman–Crippen MR) is 74.9 cm³/mol. The summed E-state index contributed by atoms with van der Waals surface area (Å²) < 4.78 is 26.5. The van der Waals surface area contributed by atoms with Crippen molar-refractivity contribution in [2.24, 2.45) is 0 Å². The molecule has 2 aromatic carbocycles. The number of nitrogens with zero attached hydrogens (tertiary/aromatic N) is 1. The molecule has 0 aromatic heterocycles. The Hall–Kier alpha value is -1.83. The monoisotopic (exact) mass is 312 g/mol. The average molecular weight is 313 g/mol. The molecule has 1 N–H and O–H groups in total. The average Bonchev–Trinajstić information content (AvgIpc) is 2.39. The highest BCUT2D eigenvalue weighted by Crippen LogP contribution is 2.27. The van der Waals surface area contributed by atoms with Crippen molar-refractivity contribution in [2.75, 3.05) is 5.32 Å². The maximum Gasteiger partial charge on any atom is 0.150 e. The standard InChI is InChI=1S/C14H8Cl2F2N2/c15-11-3-8(6-19)1-2-9(11)7-20-14-12(16)4-10(17)5-13(14)18/h1-5,20H,7H2. The molecular formula is C14H8Cl2F2N2. The first kappa shape index (κ1) is 14.6. The number of hydrogen-bond donors (Lipinski definition) is 1. The first-order valence-corrected chi connectivity index (χ1v) is 6.34. The Morgan fingerprint density at radius 3 is 2.45 bits per heavy atom. The third-order valence-corrected chi connectivity index (χ3v) is 3.29. The zero-order valence-corrected chi connectivity index (χ0v) is 11.6. The summed E-state index contributed by atoms with van der Waals surface area (Å²) in [6.07, 6.45) is 0. The van der Waals surface area contributed by atoms with Crippen LogP contribution in [0.3, 0.4) is 0 Å². The second-order valence-electron chi connectivity index (χ2n) is 4.02. The topological polar surface area (TPSA) is 35.8 Å². The maximum atomic E-state index is 13.6. The minimum atomic E-state index is -0.778. The van der Waals surface area contributed by atoms with E-state index in [-0.39, 0.29) is 17.3 Å². The number of hydrogen-bond acceptors (Lipinski definition) is 2. The number of nitrogens with one attached hydrogen (secondary N) is 1. The first-order chi connectivity index (χ1) is 9.51. The lowest BCUT2D eigenvalue weighted by molar-refractivity contribution is 0.585. The largest absolute Gasteiger partial charge is 0.377 e. The summed E-state index contributed by atoms with van der Waals surface area (Å²) in [7, 11) is 0. The number of nitriles is 1. The molecule has 2 aromatic rings. The Labute approximate surface area is 124 Å². The van der Waals surface area contributed by atoms with Crippen LogP contribution in [0, 0.1) is 23.0 Å². The molecule has 0 radical (unpaired) electrons. The summed E-state index contributed by atoms with van der Waals surface area (Å²) in [6.45, 7) is 0.201. The van der Waals surface area contributed by atoms with E-state index in [0.717, 1.165) is 12.1 Å². The van der Waals surface area contributed by atoms with Crippen LogP contribution in [0.2, 0.25) is 10.0 Å². The molecule has 0 spiro atoms. The van der Waals surface area contributed by atoms with Crippen molar-refractivity contribution < 1.29 is 8.78 Å². The van der Waals surface area contributed by atoms with Crippen molar-refractivity contribution in [3.05, 3.63) is 63.1 Å². The molecule has 0 fully saturated rings. The highest BCUT2D eigenvalue weighted by atomic mass is 35.5. The maximum absolute atomic E-state index is 13.6. The van der Waals surface area contributed by atoms with Gasteiger partial charge in [-0.1, -0.05) is 29.3 Å². The number of halogens is 4. The van der Waals surface area contributed by atoms with Crippen LogP contribution in [-0.2, 0) is 6.54 Å². The smallest absolute Gasteiger partial charge is 0.150 e. The zero-order valence-electron chi connectivity index (χ0n) is 10.1. The molecule has 20 heavy (non-hydrogen) atoms. The fourth-order valence-electron chi connectivity index (χ4n) is 1.65. The van der Waals surface area contributed by atoms with Crippen LogP contribution in [0.1, 0.15) is 11.1 Å². The second kappa shape index (κ2) is 6.08. The van der Waals surface area contributed by atoms with E-state index in [2.05, 4.69) is 5.32 Å². The van der Waals surface area contributed by atoms with E-state index in [9.17, 15) is 8.78 Å². The molecule has 0 aliphatic carbocycles. The van der Waals surface area contributed by atoms with Gasteiger partial charge in [-0.3, -0.25) is 0 Å². The summed E-state index contributed by atoms with van der Waals surface area (Å²) in [5.74, 6) is -1.52. The number of rotatable bonds is 3. The van der Waals surface area contributed by atoms with Gasteiger partial charge in [0.25, 0.3) is 0 Å². The van der Waals surface area contributed by atoms with Crippen molar-refractivity contribution >= 4 is 28.9 Å². The highest BCUT2D eigenvalue weighted by Gasteiger charge is 2.10. The van der Waals surface area contributed by atoms with Crippen molar-refractivity contribution in [1.82, 2.24) is 0 Å². The van der Waals surface area contributed by atoms with Crippen LogP contribution in [0.15, 0.2) is 30.3 Å². The van der Waals surface area contributed by atoms with Crippen molar-refractivity contribution in [2.45, 2.75) is 6.54 Å². The lowest BCUT2D eigenvalue weighted by atomic mass is 10.1. The molecule has 0 saturated heterocycles. The summed E-state index contributed by atoms with van der Waals surface area (Å²) >= 11 is 11.8. The van der Waals surface area contributed by atoms with Crippen LogP contribution >= 0.6 is 23.2 Å².